The van der Waals surface area contributed by atoms with Crippen molar-refractivity contribution in [3.8, 4) is 0 Å². The number of oxazole rings is 1. The summed E-state index contributed by atoms with van der Waals surface area (Å²) in [7, 11) is 0. The Kier molecular flexibility index (Phi) is 1.43. The van der Waals surface area contributed by atoms with E-state index < -0.39 is 0 Å². The summed E-state index contributed by atoms with van der Waals surface area (Å²) >= 11 is 0. The van der Waals surface area contributed by atoms with Gasteiger partial charge in [0, 0.05) is 6.42 Å². The molecule has 5 heteroatoms. The number of nitrogens with one attached hydrogen (secondary N) is 1. The molecule has 0 radical (unpaired) electrons. The molecule has 2 rings (SSSR count). The number of aromatic nitrogens is 3. The van der Waals surface area contributed by atoms with Crippen LogP contribution in [0.25, 0.3) is 11.2 Å². The molecule has 0 saturated heterocycles. The van der Waals surface area contributed by atoms with Crippen LogP contribution in [0.4, 0.5) is 0 Å². The van der Waals surface area contributed by atoms with E-state index in [9.17, 15) is 4.79 Å². The molecule has 0 fully saturated rings. The molecule has 12 heavy (non-hydrogen) atoms. The van der Waals surface area contributed by atoms with Crippen molar-refractivity contribution in [2.24, 2.45) is 0 Å². The van der Waals surface area contributed by atoms with Gasteiger partial charge in [0.2, 0.25) is 0 Å². The lowest BCUT2D eigenvalue weighted by Crippen LogP contribution is -2.05. The number of hydrogen-bond acceptors (Lipinski definition) is 4. The van der Waals surface area contributed by atoms with Crippen LogP contribution in [0.5, 0.6) is 0 Å². The van der Waals surface area contributed by atoms with E-state index >= 15 is 0 Å². The van der Waals surface area contributed by atoms with Gasteiger partial charge >= 0.3 is 0 Å². The molecule has 2 heterocycles. The predicted octanol–water partition coefficient (Wildman–Crippen LogP) is 0.473. The Morgan fingerprint density at radius 2 is 2.50 bits per heavy atom. The summed E-state index contributed by atoms with van der Waals surface area (Å²) in [6.07, 6.45) is 1.96. The molecule has 1 N–H and O–H groups in total. The molecule has 0 saturated carbocycles. The largest absolute Gasteiger partial charge is 0.422 e. The van der Waals surface area contributed by atoms with Gasteiger partial charge in [-0.15, -0.1) is 0 Å². The van der Waals surface area contributed by atoms with Crippen LogP contribution in [-0.2, 0) is 6.42 Å². The number of fused-ring (bicyclic) bond motifs is 1. The van der Waals surface area contributed by atoms with Crippen LogP contribution in [0.1, 0.15) is 12.8 Å². The summed E-state index contributed by atoms with van der Waals surface area (Å²) in [5.74, 6) is 0.536. The number of rotatable bonds is 1. The second-order valence-electron chi connectivity index (χ2n) is 2.35. The van der Waals surface area contributed by atoms with Gasteiger partial charge in [0.05, 0.1) is 6.33 Å². The van der Waals surface area contributed by atoms with Crippen molar-refractivity contribution in [1.82, 2.24) is 15.0 Å². The lowest BCUT2D eigenvalue weighted by molar-refractivity contribution is 0.529. The van der Waals surface area contributed by atoms with Gasteiger partial charge in [-0.05, 0) is 0 Å². The Bertz CT molecular complexity index is 457. The van der Waals surface area contributed by atoms with Gasteiger partial charge in [-0.25, -0.2) is 9.97 Å². The fourth-order valence-corrected chi connectivity index (χ4v) is 0.960. The zero-order valence-electron chi connectivity index (χ0n) is 6.50. The minimum absolute atomic E-state index is 0.261. The number of nitrogens with zero attached hydrogens (tertiary/aromatic N) is 2. The Morgan fingerprint density at radius 3 is 3.17 bits per heavy atom. The molecule has 2 aromatic rings. The maximum absolute atomic E-state index is 11.1. The van der Waals surface area contributed by atoms with Gasteiger partial charge in [0.1, 0.15) is 0 Å². The van der Waals surface area contributed by atoms with Crippen molar-refractivity contribution in [1.29, 1.82) is 0 Å². The minimum Gasteiger partial charge on any atom is -0.422 e. The third kappa shape index (κ3) is 0.903. The van der Waals surface area contributed by atoms with Crippen LogP contribution in [-0.4, -0.2) is 15.0 Å². The molecule has 0 aliphatic heterocycles. The first-order valence-electron chi connectivity index (χ1n) is 3.64. The lowest BCUT2D eigenvalue weighted by Gasteiger charge is -1.80. The van der Waals surface area contributed by atoms with Crippen LogP contribution < -0.4 is 5.56 Å². The minimum atomic E-state index is -0.261. The van der Waals surface area contributed by atoms with Gasteiger partial charge in [-0.1, -0.05) is 6.92 Å². The number of hydrogen-bond donors (Lipinski definition) is 1. The summed E-state index contributed by atoms with van der Waals surface area (Å²) < 4.78 is 5.16. The Hall–Kier alpha value is -1.65. The Balaban J connectivity index is 2.83. The zero-order valence-corrected chi connectivity index (χ0v) is 6.50. The quantitative estimate of drug-likeness (QED) is 0.666. The maximum atomic E-state index is 11.1. The van der Waals surface area contributed by atoms with E-state index in [4.69, 9.17) is 4.42 Å². The number of H-pyrrole nitrogens is 1. The van der Waals surface area contributed by atoms with E-state index in [1.54, 1.807) is 0 Å². The third-order valence-corrected chi connectivity index (χ3v) is 1.55. The van der Waals surface area contributed by atoms with Crippen molar-refractivity contribution in [2.75, 3.05) is 0 Å². The van der Waals surface area contributed by atoms with Gasteiger partial charge in [0.25, 0.3) is 11.3 Å². The van der Waals surface area contributed by atoms with Crippen molar-refractivity contribution < 1.29 is 4.42 Å². The highest BCUT2D eigenvalue weighted by Gasteiger charge is 2.07. The molecule has 2 aromatic heterocycles. The van der Waals surface area contributed by atoms with Crippen LogP contribution in [0.15, 0.2) is 15.5 Å². The van der Waals surface area contributed by atoms with Crippen LogP contribution in [0.3, 0.4) is 0 Å². The maximum Gasteiger partial charge on any atom is 0.280 e. The van der Waals surface area contributed by atoms with Crippen LogP contribution >= 0.6 is 0 Å². The summed E-state index contributed by atoms with van der Waals surface area (Å²) in [4.78, 5) is 21.3. The number of aryl methyl sites for hydroxylation is 1. The average Bonchev–Trinajstić information content (AvgIpc) is 2.49. The summed E-state index contributed by atoms with van der Waals surface area (Å²) in [5, 5.41) is 0. The second-order valence-corrected chi connectivity index (χ2v) is 2.35. The molecule has 0 amide bonds. The van der Waals surface area contributed by atoms with Crippen molar-refractivity contribution in [3.05, 3.63) is 22.6 Å². The van der Waals surface area contributed by atoms with Gasteiger partial charge in [-0.3, -0.25) is 4.79 Å². The molecule has 0 aliphatic carbocycles. The van der Waals surface area contributed by atoms with E-state index in [0.29, 0.717) is 18.0 Å². The smallest absolute Gasteiger partial charge is 0.280 e. The second kappa shape index (κ2) is 2.44. The highest BCUT2D eigenvalue weighted by Crippen LogP contribution is 2.07. The SMILES string of the molecule is CCc1nc2c(=O)[nH]cnc2o1. The molecule has 0 spiro atoms. The van der Waals surface area contributed by atoms with E-state index in [2.05, 4.69) is 15.0 Å². The standard InChI is InChI=1S/C7H7N3O2/c1-2-4-10-5-6(11)8-3-9-7(5)12-4/h3H,2H2,1H3,(H,8,9,11). The highest BCUT2D eigenvalue weighted by atomic mass is 16.4. The molecule has 0 aromatic carbocycles. The Labute approximate surface area is 67.5 Å². The van der Waals surface area contributed by atoms with E-state index in [1.165, 1.54) is 6.33 Å². The first kappa shape index (κ1) is 7.02. The van der Waals surface area contributed by atoms with Gasteiger partial charge in [-0.2, -0.15) is 0 Å². The van der Waals surface area contributed by atoms with Crippen molar-refractivity contribution >= 4 is 11.2 Å². The van der Waals surface area contributed by atoms with Crippen LogP contribution in [0.2, 0.25) is 0 Å². The highest BCUT2D eigenvalue weighted by molar-refractivity contribution is 5.65. The molecular formula is C7H7N3O2. The molecule has 5 nitrogen and oxygen atoms in total. The molecule has 0 atom stereocenters. The monoisotopic (exact) mass is 165 g/mol. The zero-order chi connectivity index (χ0) is 8.55. The molecular weight excluding hydrogens is 158 g/mol. The molecule has 0 unspecified atom stereocenters. The van der Waals surface area contributed by atoms with Crippen molar-refractivity contribution in [2.45, 2.75) is 13.3 Å². The summed E-state index contributed by atoms with van der Waals surface area (Å²) in [6.45, 7) is 1.90. The van der Waals surface area contributed by atoms with Gasteiger partial charge in [0.15, 0.2) is 11.4 Å². The summed E-state index contributed by atoms with van der Waals surface area (Å²) in [5.41, 5.74) is 0.313. The molecule has 62 valence electrons. The van der Waals surface area contributed by atoms with Crippen LogP contribution in [0, 0.1) is 0 Å². The van der Waals surface area contributed by atoms with Gasteiger partial charge < -0.3 is 9.40 Å². The molecule has 0 aliphatic rings. The van der Waals surface area contributed by atoms with E-state index in [1.807, 2.05) is 6.92 Å². The van der Waals surface area contributed by atoms with Crippen molar-refractivity contribution in [3.63, 3.8) is 0 Å². The van der Waals surface area contributed by atoms with E-state index in [0.717, 1.165) is 0 Å². The normalized spacial score (nSPS) is 10.8. The predicted molar refractivity (Wildman–Crippen MR) is 41.8 cm³/mol. The third-order valence-electron chi connectivity index (χ3n) is 1.55. The van der Waals surface area contributed by atoms with E-state index in [-0.39, 0.29) is 11.1 Å². The lowest BCUT2D eigenvalue weighted by atomic mass is 10.5. The summed E-state index contributed by atoms with van der Waals surface area (Å²) in [6, 6.07) is 0. The topological polar surface area (TPSA) is 71.8 Å². The number of aromatic amines is 1. The fraction of sp³-hybridized carbons (Fsp3) is 0.286. The Morgan fingerprint density at radius 1 is 1.67 bits per heavy atom. The first-order valence-corrected chi connectivity index (χ1v) is 3.64. The average molecular weight is 165 g/mol. The molecule has 0 bridgehead atoms. The fourth-order valence-electron chi connectivity index (χ4n) is 0.960. The first-order chi connectivity index (χ1) is 5.81.